The molecule has 1 unspecified atom stereocenters. The van der Waals surface area contributed by atoms with E-state index in [4.69, 9.17) is 6.42 Å². The van der Waals surface area contributed by atoms with Crippen molar-refractivity contribution in [2.24, 2.45) is 0 Å². The van der Waals surface area contributed by atoms with Gasteiger partial charge in [-0.25, -0.2) is 0 Å². The first-order valence-corrected chi connectivity index (χ1v) is 5.46. The van der Waals surface area contributed by atoms with Crippen molar-refractivity contribution < 1.29 is 0 Å². The van der Waals surface area contributed by atoms with Crippen LogP contribution < -0.4 is 5.32 Å². The highest BCUT2D eigenvalue weighted by Crippen LogP contribution is 2.18. The molecular weight excluding hydrogens is 212 g/mol. The molecule has 1 heterocycles. The Bertz CT molecular complexity index is 510. The molecule has 0 aliphatic heterocycles. The Balaban J connectivity index is 2.16. The summed E-state index contributed by atoms with van der Waals surface area (Å²) in [6, 6.07) is 9.96. The van der Waals surface area contributed by atoms with Crippen molar-refractivity contribution in [1.82, 2.24) is 20.7 Å². The third-order valence-electron chi connectivity index (χ3n) is 2.49. The highest BCUT2D eigenvalue weighted by molar-refractivity contribution is 5.60. The fourth-order valence-corrected chi connectivity index (χ4v) is 1.51. The van der Waals surface area contributed by atoms with E-state index in [1.54, 1.807) is 0 Å². The van der Waals surface area contributed by atoms with Crippen LogP contribution in [0.15, 0.2) is 30.3 Å². The third kappa shape index (κ3) is 2.71. The summed E-state index contributed by atoms with van der Waals surface area (Å²) in [4.78, 5) is 0. The molecule has 1 aromatic carbocycles. The molecule has 0 bridgehead atoms. The van der Waals surface area contributed by atoms with Gasteiger partial charge in [-0.2, -0.15) is 15.4 Å². The first kappa shape index (κ1) is 11.4. The summed E-state index contributed by atoms with van der Waals surface area (Å²) < 4.78 is 0. The molecule has 1 atom stereocenters. The Morgan fingerprint density at radius 3 is 2.82 bits per heavy atom. The van der Waals surface area contributed by atoms with Crippen molar-refractivity contribution in [3.05, 3.63) is 36.0 Å². The number of rotatable bonds is 4. The smallest absolute Gasteiger partial charge is 0.117 e. The Labute approximate surface area is 100 Å². The zero-order valence-corrected chi connectivity index (χ0v) is 9.64. The van der Waals surface area contributed by atoms with Crippen LogP contribution in [0.1, 0.15) is 12.6 Å². The number of benzene rings is 1. The Morgan fingerprint density at radius 1 is 1.35 bits per heavy atom. The molecule has 17 heavy (non-hydrogen) atoms. The van der Waals surface area contributed by atoms with Gasteiger partial charge in [0.1, 0.15) is 11.4 Å². The van der Waals surface area contributed by atoms with Gasteiger partial charge in [-0.05, 0) is 6.92 Å². The van der Waals surface area contributed by atoms with E-state index in [1.807, 2.05) is 37.3 Å². The van der Waals surface area contributed by atoms with Crippen LogP contribution in [0.3, 0.4) is 0 Å². The molecule has 0 amide bonds. The number of H-pyrrole nitrogens is 1. The third-order valence-corrected chi connectivity index (χ3v) is 2.49. The van der Waals surface area contributed by atoms with E-state index in [0.29, 0.717) is 6.54 Å². The molecule has 2 N–H and O–H groups in total. The Hall–Kier alpha value is -2.12. The van der Waals surface area contributed by atoms with E-state index < -0.39 is 0 Å². The standard InChI is InChI=1S/C13H14N4/c1-3-10(2)14-9-12-13(16-17-15-12)11-7-5-4-6-8-11/h1,4-8,10,14H,9H2,2H3,(H,15,16,17). The van der Waals surface area contributed by atoms with E-state index >= 15 is 0 Å². The maximum absolute atomic E-state index is 5.30. The SMILES string of the molecule is C#CC(C)NCc1n[nH]nc1-c1ccccc1. The number of hydrogen-bond acceptors (Lipinski definition) is 3. The Kier molecular flexibility index (Phi) is 3.53. The summed E-state index contributed by atoms with van der Waals surface area (Å²) in [5.74, 6) is 2.62. The van der Waals surface area contributed by atoms with E-state index in [2.05, 4.69) is 26.6 Å². The van der Waals surface area contributed by atoms with Gasteiger partial charge in [0.25, 0.3) is 0 Å². The molecule has 2 aromatic rings. The van der Waals surface area contributed by atoms with Gasteiger partial charge in [-0.3, -0.25) is 5.32 Å². The van der Waals surface area contributed by atoms with Gasteiger partial charge in [0.05, 0.1) is 6.04 Å². The van der Waals surface area contributed by atoms with Gasteiger partial charge in [0.2, 0.25) is 0 Å². The number of aromatic amines is 1. The van der Waals surface area contributed by atoms with Gasteiger partial charge >= 0.3 is 0 Å². The quantitative estimate of drug-likeness (QED) is 0.778. The lowest BCUT2D eigenvalue weighted by atomic mass is 10.1. The van der Waals surface area contributed by atoms with Gasteiger partial charge < -0.3 is 0 Å². The number of nitrogens with one attached hydrogen (secondary N) is 2. The molecule has 2 rings (SSSR count). The monoisotopic (exact) mass is 226 g/mol. The van der Waals surface area contributed by atoms with Crippen LogP contribution in [0.2, 0.25) is 0 Å². The molecule has 86 valence electrons. The van der Waals surface area contributed by atoms with E-state index in [9.17, 15) is 0 Å². The topological polar surface area (TPSA) is 53.6 Å². The van der Waals surface area contributed by atoms with Gasteiger partial charge in [-0.15, -0.1) is 6.42 Å². The minimum atomic E-state index is 0.0234. The largest absolute Gasteiger partial charge is 0.298 e. The van der Waals surface area contributed by atoms with Gasteiger partial charge in [-0.1, -0.05) is 36.3 Å². The summed E-state index contributed by atoms with van der Waals surface area (Å²) in [6.45, 7) is 2.54. The maximum atomic E-state index is 5.30. The van der Waals surface area contributed by atoms with Crippen LogP contribution in [0.5, 0.6) is 0 Å². The zero-order valence-electron chi connectivity index (χ0n) is 9.64. The number of terminal acetylenes is 1. The van der Waals surface area contributed by atoms with Crippen molar-refractivity contribution in [2.75, 3.05) is 0 Å². The lowest BCUT2D eigenvalue weighted by Crippen LogP contribution is -2.24. The zero-order chi connectivity index (χ0) is 12.1. The predicted molar refractivity (Wildman–Crippen MR) is 67.0 cm³/mol. The molecule has 0 saturated heterocycles. The highest BCUT2D eigenvalue weighted by atomic mass is 15.3. The normalized spacial score (nSPS) is 12.0. The Morgan fingerprint density at radius 2 is 2.12 bits per heavy atom. The molecule has 0 spiro atoms. The molecule has 0 saturated carbocycles. The summed E-state index contributed by atoms with van der Waals surface area (Å²) in [6.07, 6.45) is 5.30. The van der Waals surface area contributed by atoms with E-state index in [0.717, 1.165) is 17.0 Å². The van der Waals surface area contributed by atoms with Crippen LogP contribution in [-0.2, 0) is 6.54 Å². The van der Waals surface area contributed by atoms with Crippen LogP contribution in [0.4, 0.5) is 0 Å². The lowest BCUT2D eigenvalue weighted by molar-refractivity contribution is 0.636. The van der Waals surface area contributed by atoms with Crippen molar-refractivity contribution in [1.29, 1.82) is 0 Å². The molecule has 0 fully saturated rings. The second kappa shape index (κ2) is 5.28. The van der Waals surface area contributed by atoms with Crippen LogP contribution >= 0.6 is 0 Å². The fourth-order valence-electron chi connectivity index (χ4n) is 1.51. The van der Waals surface area contributed by atoms with Gasteiger partial charge in [0, 0.05) is 12.1 Å². The average molecular weight is 226 g/mol. The maximum Gasteiger partial charge on any atom is 0.117 e. The number of nitrogens with zero attached hydrogens (tertiary/aromatic N) is 2. The fraction of sp³-hybridized carbons (Fsp3) is 0.231. The lowest BCUT2D eigenvalue weighted by Gasteiger charge is -2.06. The first-order chi connectivity index (χ1) is 8.31. The molecule has 1 aromatic heterocycles. The summed E-state index contributed by atoms with van der Waals surface area (Å²) in [5, 5.41) is 14.1. The van der Waals surface area contributed by atoms with Crippen molar-refractivity contribution in [3.8, 4) is 23.6 Å². The molecule has 0 aliphatic rings. The summed E-state index contributed by atoms with van der Waals surface area (Å²) in [7, 11) is 0. The molecular formula is C13H14N4. The number of aromatic nitrogens is 3. The predicted octanol–water partition coefficient (Wildman–Crippen LogP) is 1.58. The average Bonchev–Trinajstić information content (AvgIpc) is 2.85. The highest BCUT2D eigenvalue weighted by Gasteiger charge is 2.09. The molecule has 4 nitrogen and oxygen atoms in total. The second-order valence-corrected chi connectivity index (χ2v) is 3.75. The molecule has 0 aliphatic carbocycles. The van der Waals surface area contributed by atoms with Crippen molar-refractivity contribution >= 4 is 0 Å². The minimum Gasteiger partial charge on any atom is -0.298 e. The van der Waals surface area contributed by atoms with Crippen molar-refractivity contribution in [2.45, 2.75) is 19.5 Å². The summed E-state index contributed by atoms with van der Waals surface area (Å²) >= 11 is 0. The first-order valence-electron chi connectivity index (χ1n) is 5.46. The number of hydrogen-bond donors (Lipinski definition) is 2. The van der Waals surface area contributed by atoms with E-state index in [-0.39, 0.29) is 6.04 Å². The summed E-state index contributed by atoms with van der Waals surface area (Å²) in [5.41, 5.74) is 2.78. The molecule has 0 radical (unpaired) electrons. The van der Waals surface area contributed by atoms with E-state index in [1.165, 1.54) is 0 Å². The molecule has 4 heteroatoms. The van der Waals surface area contributed by atoms with Gasteiger partial charge in [0.15, 0.2) is 0 Å². The van der Waals surface area contributed by atoms with Crippen molar-refractivity contribution in [3.63, 3.8) is 0 Å². The minimum absolute atomic E-state index is 0.0234. The van der Waals surface area contributed by atoms with Crippen LogP contribution in [0.25, 0.3) is 11.3 Å². The van der Waals surface area contributed by atoms with Crippen LogP contribution in [0, 0.1) is 12.3 Å². The van der Waals surface area contributed by atoms with Crippen LogP contribution in [-0.4, -0.2) is 21.5 Å². The second-order valence-electron chi connectivity index (χ2n) is 3.75.